The fourth-order valence-corrected chi connectivity index (χ4v) is 4.13. The van der Waals surface area contributed by atoms with Crippen LogP contribution in [0.1, 0.15) is 24.7 Å². The summed E-state index contributed by atoms with van der Waals surface area (Å²) in [6.45, 7) is 0.192. The maximum absolute atomic E-state index is 12.5. The molecule has 0 bridgehead atoms. The molecule has 0 aliphatic heterocycles. The number of nitrogens with one attached hydrogen (secondary N) is 1. The zero-order valence-electron chi connectivity index (χ0n) is 17.6. The number of anilines is 1. The third-order valence-electron chi connectivity index (χ3n) is 4.85. The van der Waals surface area contributed by atoms with E-state index in [4.69, 9.17) is 21.1 Å². The van der Waals surface area contributed by atoms with E-state index in [1.165, 1.54) is 31.0 Å². The number of benzene rings is 2. The molecule has 12 heteroatoms. The van der Waals surface area contributed by atoms with Crippen molar-refractivity contribution in [2.75, 3.05) is 18.2 Å². The lowest BCUT2D eigenvalue weighted by atomic mass is 10.2. The van der Waals surface area contributed by atoms with Gasteiger partial charge >= 0.3 is 0 Å². The summed E-state index contributed by atoms with van der Waals surface area (Å²) >= 11 is 7.35. The van der Waals surface area contributed by atoms with Gasteiger partial charge in [0.2, 0.25) is 5.91 Å². The molecule has 172 valence electrons. The lowest BCUT2D eigenvalue weighted by Crippen LogP contribution is -2.16. The van der Waals surface area contributed by atoms with Gasteiger partial charge in [0.05, 0.1) is 28.9 Å². The molecule has 1 fully saturated rings. The number of carbonyl (C=O) groups is 1. The Kier molecular flexibility index (Phi) is 6.99. The highest BCUT2D eigenvalue weighted by Crippen LogP contribution is 2.39. The van der Waals surface area contributed by atoms with Gasteiger partial charge in [-0.25, -0.2) is 0 Å². The van der Waals surface area contributed by atoms with Crippen molar-refractivity contribution in [1.29, 1.82) is 0 Å². The van der Waals surface area contributed by atoms with E-state index in [9.17, 15) is 14.9 Å². The number of nitro benzene ring substituents is 1. The Bertz CT molecular complexity index is 1180. The Balaban J connectivity index is 1.41. The average Bonchev–Trinajstić information content (AvgIpc) is 3.57. The number of nitrogens with zero attached hydrogens (tertiary/aromatic N) is 4. The Morgan fingerprint density at radius 2 is 2.09 bits per heavy atom. The molecule has 0 atom stereocenters. The Hall–Kier alpha value is -3.31. The maximum Gasteiger partial charge on any atom is 0.296 e. The summed E-state index contributed by atoms with van der Waals surface area (Å²) in [6, 6.07) is 11.7. The van der Waals surface area contributed by atoms with Crippen molar-refractivity contribution in [1.82, 2.24) is 14.8 Å². The molecule has 1 aromatic heterocycles. The van der Waals surface area contributed by atoms with Crippen molar-refractivity contribution in [2.45, 2.75) is 30.6 Å². The summed E-state index contributed by atoms with van der Waals surface area (Å²) in [6.07, 6.45) is 1.99. The van der Waals surface area contributed by atoms with Crippen LogP contribution in [0.2, 0.25) is 5.02 Å². The number of hydrogen-bond donors (Lipinski definition) is 1. The Morgan fingerprint density at radius 1 is 1.30 bits per heavy atom. The molecule has 4 rings (SSSR count). The minimum absolute atomic E-state index is 0.0133. The molecule has 1 aliphatic carbocycles. The summed E-state index contributed by atoms with van der Waals surface area (Å²) in [4.78, 5) is 23.2. The predicted molar refractivity (Wildman–Crippen MR) is 123 cm³/mol. The number of aromatic nitrogens is 3. The maximum atomic E-state index is 12.5. The SMILES string of the molecule is COc1ccc(NC(=O)CSc2nnc(COc3ccccc3Cl)n2C2CC2)c([N+](=O)[O-])c1. The zero-order valence-corrected chi connectivity index (χ0v) is 19.1. The first kappa shape index (κ1) is 22.9. The highest BCUT2D eigenvalue weighted by atomic mass is 35.5. The Labute approximate surface area is 198 Å². The molecular formula is C21H20ClN5O5S. The molecule has 0 radical (unpaired) electrons. The molecule has 3 aromatic rings. The van der Waals surface area contributed by atoms with Crippen LogP contribution in [-0.4, -0.2) is 38.5 Å². The number of rotatable bonds is 10. The molecule has 1 N–H and O–H groups in total. The van der Waals surface area contributed by atoms with Crippen molar-refractivity contribution in [3.8, 4) is 11.5 Å². The van der Waals surface area contributed by atoms with E-state index in [1.807, 2.05) is 16.7 Å². The highest BCUT2D eigenvalue weighted by molar-refractivity contribution is 7.99. The van der Waals surface area contributed by atoms with Crippen molar-refractivity contribution in [3.05, 3.63) is 63.4 Å². The van der Waals surface area contributed by atoms with Gasteiger partial charge in [0.1, 0.15) is 23.8 Å². The van der Waals surface area contributed by atoms with Gasteiger partial charge in [-0.2, -0.15) is 0 Å². The fourth-order valence-electron chi connectivity index (χ4n) is 3.12. The Morgan fingerprint density at radius 3 is 2.79 bits per heavy atom. The summed E-state index contributed by atoms with van der Waals surface area (Å²) in [5.41, 5.74) is -0.142. The fraction of sp³-hybridized carbons (Fsp3) is 0.286. The molecule has 0 spiro atoms. The molecule has 1 saturated carbocycles. The minimum atomic E-state index is -0.569. The second-order valence-corrected chi connectivity index (χ2v) is 8.55. The van der Waals surface area contributed by atoms with Crippen LogP contribution in [-0.2, 0) is 11.4 Å². The number of methoxy groups -OCH3 is 1. The first-order valence-corrected chi connectivity index (χ1v) is 11.4. The third kappa shape index (κ3) is 5.55. The number of halogens is 1. The number of carbonyl (C=O) groups excluding carboxylic acids is 1. The summed E-state index contributed by atoms with van der Waals surface area (Å²) in [5, 5.41) is 23.4. The molecule has 1 aliphatic rings. The molecular weight excluding hydrogens is 470 g/mol. The van der Waals surface area contributed by atoms with Crippen LogP contribution >= 0.6 is 23.4 Å². The van der Waals surface area contributed by atoms with Crippen LogP contribution in [0.4, 0.5) is 11.4 Å². The van der Waals surface area contributed by atoms with Gasteiger partial charge in [0.15, 0.2) is 11.0 Å². The largest absolute Gasteiger partial charge is 0.496 e. The van der Waals surface area contributed by atoms with Gasteiger partial charge in [0.25, 0.3) is 5.69 Å². The number of thioether (sulfide) groups is 1. The van der Waals surface area contributed by atoms with Crippen LogP contribution in [0.15, 0.2) is 47.6 Å². The van der Waals surface area contributed by atoms with E-state index >= 15 is 0 Å². The van der Waals surface area contributed by atoms with Crippen LogP contribution in [0.3, 0.4) is 0 Å². The van der Waals surface area contributed by atoms with Crippen LogP contribution in [0, 0.1) is 10.1 Å². The number of amides is 1. The molecule has 2 aromatic carbocycles. The molecule has 1 amide bonds. The van der Waals surface area contributed by atoms with Crippen LogP contribution in [0.5, 0.6) is 11.5 Å². The first-order valence-electron chi connectivity index (χ1n) is 10.0. The standard InChI is InChI=1S/C21H20ClN5O5S/c1-31-14-8-9-16(17(10-14)27(29)30)23-20(28)12-33-21-25-24-19(26(21)13-6-7-13)11-32-18-5-3-2-4-15(18)22/h2-5,8-10,13H,6-7,11-12H2,1H3,(H,23,28). The second kappa shape index (κ2) is 10.1. The van der Waals surface area contributed by atoms with Gasteiger partial charge in [-0.3, -0.25) is 19.5 Å². The highest BCUT2D eigenvalue weighted by Gasteiger charge is 2.30. The van der Waals surface area contributed by atoms with Crippen LogP contribution in [0.25, 0.3) is 0 Å². The molecule has 0 unspecified atom stereocenters. The summed E-state index contributed by atoms with van der Waals surface area (Å²) < 4.78 is 12.8. The number of nitro groups is 1. The third-order valence-corrected chi connectivity index (χ3v) is 6.10. The van der Waals surface area contributed by atoms with E-state index in [0.29, 0.717) is 27.5 Å². The second-order valence-electron chi connectivity index (χ2n) is 7.20. The smallest absolute Gasteiger partial charge is 0.296 e. The van der Waals surface area contributed by atoms with Gasteiger partial charge in [-0.15, -0.1) is 10.2 Å². The van der Waals surface area contributed by atoms with E-state index in [2.05, 4.69) is 15.5 Å². The van der Waals surface area contributed by atoms with Gasteiger partial charge < -0.3 is 14.8 Å². The average molecular weight is 490 g/mol. The van der Waals surface area contributed by atoms with Crippen molar-refractivity contribution < 1.29 is 19.2 Å². The monoisotopic (exact) mass is 489 g/mol. The normalized spacial score (nSPS) is 12.9. The lowest BCUT2D eigenvalue weighted by Gasteiger charge is -2.11. The minimum Gasteiger partial charge on any atom is -0.496 e. The number of para-hydroxylation sites is 1. The van der Waals surface area contributed by atoms with Crippen molar-refractivity contribution in [2.24, 2.45) is 0 Å². The van der Waals surface area contributed by atoms with Gasteiger partial charge in [-0.05, 0) is 37.1 Å². The predicted octanol–water partition coefficient (Wildman–Crippen LogP) is 4.49. The van der Waals surface area contributed by atoms with Gasteiger partial charge in [0, 0.05) is 6.04 Å². The van der Waals surface area contributed by atoms with Crippen molar-refractivity contribution in [3.63, 3.8) is 0 Å². The molecule has 33 heavy (non-hydrogen) atoms. The molecule has 0 saturated heterocycles. The summed E-state index contributed by atoms with van der Waals surface area (Å²) in [7, 11) is 1.41. The number of ether oxygens (including phenoxy) is 2. The van der Waals surface area contributed by atoms with E-state index in [1.54, 1.807) is 18.2 Å². The molecule has 10 nitrogen and oxygen atoms in total. The van der Waals surface area contributed by atoms with Crippen LogP contribution < -0.4 is 14.8 Å². The summed E-state index contributed by atoms with van der Waals surface area (Å²) in [5.74, 6) is 1.15. The van der Waals surface area contributed by atoms with Crippen molar-refractivity contribution >= 4 is 40.6 Å². The molecule has 1 heterocycles. The first-order chi connectivity index (χ1) is 16.0. The van der Waals surface area contributed by atoms with E-state index in [-0.39, 0.29) is 29.8 Å². The topological polar surface area (TPSA) is 121 Å². The van der Waals surface area contributed by atoms with E-state index < -0.39 is 10.8 Å². The van der Waals surface area contributed by atoms with E-state index in [0.717, 1.165) is 12.8 Å². The van der Waals surface area contributed by atoms with Gasteiger partial charge in [-0.1, -0.05) is 35.5 Å². The lowest BCUT2D eigenvalue weighted by molar-refractivity contribution is -0.384. The quantitative estimate of drug-likeness (QED) is 0.251. The number of hydrogen-bond acceptors (Lipinski definition) is 8. The zero-order chi connectivity index (χ0) is 23.4.